The molecule has 4 nitrogen and oxygen atoms in total. The summed E-state index contributed by atoms with van der Waals surface area (Å²) >= 11 is 5.61. The summed E-state index contributed by atoms with van der Waals surface area (Å²) in [4.78, 5) is -0.0951. The second kappa shape index (κ2) is 5.97. The molecule has 20 heavy (non-hydrogen) atoms. The first kappa shape index (κ1) is 15.7. The number of hydrogen-bond acceptors (Lipinski definition) is 3. The minimum Gasteiger partial charge on any atom is -0.394 e. The van der Waals surface area contributed by atoms with Crippen molar-refractivity contribution in [3.8, 4) is 0 Å². The van der Waals surface area contributed by atoms with Crippen molar-refractivity contribution in [3.63, 3.8) is 0 Å². The van der Waals surface area contributed by atoms with E-state index in [4.69, 9.17) is 11.6 Å². The van der Waals surface area contributed by atoms with Crippen LogP contribution in [0.3, 0.4) is 0 Å². The summed E-state index contributed by atoms with van der Waals surface area (Å²) in [5, 5.41) is 9.30. The van der Waals surface area contributed by atoms with Crippen LogP contribution in [0.2, 0.25) is 5.02 Å². The third-order valence-corrected chi connectivity index (χ3v) is 5.53. The fraction of sp³-hybridized carbons (Fsp3) is 0.538. The minimum absolute atomic E-state index is 0.0951. The van der Waals surface area contributed by atoms with Crippen LogP contribution in [0.25, 0.3) is 0 Å². The molecule has 1 saturated carbocycles. The number of aliphatic hydroxyl groups excluding tert-OH is 1. The van der Waals surface area contributed by atoms with E-state index in [1.807, 2.05) is 0 Å². The Morgan fingerprint density at radius 3 is 2.50 bits per heavy atom. The molecule has 2 N–H and O–H groups in total. The SMILES string of the molecule is O=S(=O)(NC1(CO)CCCCC1)c1ccc(F)c(Cl)c1. The standard InChI is InChI=1S/C13H17ClFNO3S/c14-11-8-10(4-5-12(11)15)20(18,19)16-13(9-17)6-2-1-3-7-13/h4-5,8,16-17H,1-3,6-7,9H2. The largest absolute Gasteiger partial charge is 0.394 e. The highest BCUT2D eigenvalue weighted by molar-refractivity contribution is 7.89. The van der Waals surface area contributed by atoms with Crippen molar-refractivity contribution in [2.45, 2.75) is 42.5 Å². The van der Waals surface area contributed by atoms with E-state index >= 15 is 0 Å². The van der Waals surface area contributed by atoms with Gasteiger partial charge in [-0.3, -0.25) is 0 Å². The molecule has 0 radical (unpaired) electrons. The van der Waals surface area contributed by atoms with Crippen molar-refractivity contribution in [1.82, 2.24) is 4.72 Å². The van der Waals surface area contributed by atoms with Crippen LogP contribution >= 0.6 is 11.6 Å². The van der Waals surface area contributed by atoms with Gasteiger partial charge in [-0.05, 0) is 31.0 Å². The van der Waals surface area contributed by atoms with Crippen LogP contribution < -0.4 is 4.72 Å². The first-order valence-electron chi connectivity index (χ1n) is 6.48. The van der Waals surface area contributed by atoms with E-state index in [1.54, 1.807) is 0 Å². The molecule has 1 fully saturated rings. The summed E-state index contributed by atoms with van der Waals surface area (Å²) in [6.45, 7) is -0.249. The molecule has 1 aromatic carbocycles. The number of sulfonamides is 1. The van der Waals surface area contributed by atoms with Gasteiger partial charge in [-0.25, -0.2) is 17.5 Å². The average Bonchev–Trinajstić information content (AvgIpc) is 2.42. The summed E-state index contributed by atoms with van der Waals surface area (Å²) < 4.78 is 40.3. The fourth-order valence-corrected chi connectivity index (χ4v) is 4.23. The van der Waals surface area contributed by atoms with E-state index in [0.29, 0.717) is 12.8 Å². The first-order chi connectivity index (χ1) is 9.38. The highest BCUT2D eigenvalue weighted by atomic mass is 35.5. The first-order valence-corrected chi connectivity index (χ1v) is 8.35. The zero-order valence-electron chi connectivity index (χ0n) is 10.9. The smallest absolute Gasteiger partial charge is 0.241 e. The van der Waals surface area contributed by atoms with Gasteiger partial charge in [0.15, 0.2) is 0 Å². The Kier molecular flexibility index (Phi) is 4.69. The quantitative estimate of drug-likeness (QED) is 0.895. The predicted molar refractivity (Wildman–Crippen MR) is 74.6 cm³/mol. The van der Waals surface area contributed by atoms with Crippen LogP contribution in [0.15, 0.2) is 23.1 Å². The van der Waals surface area contributed by atoms with E-state index in [9.17, 15) is 17.9 Å². The third-order valence-electron chi connectivity index (χ3n) is 3.67. The summed E-state index contributed by atoms with van der Waals surface area (Å²) in [6.07, 6.45) is 3.96. The Balaban J connectivity index is 2.27. The Hall–Kier alpha value is -0.690. The molecule has 1 aromatic rings. The molecule has 0 saturated heterocycles. The highest BCUT2D eigenvalue weighted by Gasteiger charge is 2.36. The van der Waals surface area contributed by atoms with Gasteiger partial charge < -0.3 is 5.11 Å². The van der Waals surface area contributed by atoms with E-state index in [0.717, 1.165) is 37.5 Å². The van der Waals surface area contributed by atoms with Gasteiger partial charge >= 0.3 is 0 Å². The molecule has 2 rings (SSSR count). The van der Waals surface area contributed by atoms with Gasteiger partial charge in [-0.1, -0.05) is 30.9 Å². The lowest BCUT2D eigenvalue weighted by Gasteiger charge is -2.36. The van der Waals surface area contributed by atoms with Crippen LogP contribution in [-0.4, -0.2) is 25.7 Å². The molecule has 0 amide bonds. The van der Waals surface area contributed by atoms with E-state index in [2.05, 4.69) is 4.72 Å². The molecule has 1 aliphatic rings. The number of halogens is 2. The van der Waals surface area contributed by atoms with Gasteiger partial charge in [0.25, 0.3) is 0 Å². The number of benzene rings is 1. The molecule has 7 heteroatoms. The van der Waals surface area contributed by atoms with Crippen molar-refractivity contribution < 1.29 is 17.9 Å². The van der Waals surface area contributed by atoms with E-state index in [-0.39, 0.29) is 16.5 Å². The van der Waals surface area contributed by atoms with Crippen LogP contribution in [0.4, 0.5) is 4.39 Å². The molecule has 0 atom stereocenters. The molecule has 0 bridgehead atoms. The number of rotatable bonds is 4. The Labute approximate surface area is 123 Å². The monoisotopic (exact) mass is 321 g/mol. The van der Waals surface area contributed by atoms with Gasteiger partial charge in [0, 0.05) is 0 Å². The third kappa shape index (κ3) is 3.31. The van der Waals surface area contributed by atoms with Crippen molar-refractivity contribution in [2.75, 3.05) is 6.61 Å². The summed E-state index contributed by atoms with van der Waals surface area (Å²) in [5.41, 5.74) is -0.821. The lowest BCUT2D eigenvalue weighted by atomic mass is 9.83. The molecule has 0 aromatic heterocycles. The molecule has 0 aliphatic heterocycles. The van der Waals surface area contributed by atoms with Crippen molar-refractivity contribution >= 4 is 21.6 Å². The zero-order chi connectivity index (χ0) is 14.8. The van der Waals surface area contributed by atoms with Crippen molar-refractivity contribution in [1.29, 1.82) is 0 Å². The lowest BCUT2D eigenvalue weighted by molar-refractivity contribution is 0.142. The van der Waals surface area contributed by atoms with Gasteiger partial charge in [-0.15, -0.1) is 0 Å². The number of nitrogens with one attached hydrogen (secondary N) is 1. The van der Waals surface area contributed by atoms with Crippen LogP contribution in [-0.2, 0) is 10.0 Å². The van der Waals surface area contributed by atoms with E-state index < -0.39 is 21.4 Å². The normalized spacial score (nSPS) is 18.9. The van der Waals surface area contributed by atoms with Crippen LogP contribution in [0, 0.1) is 5.82 Å². The molecule has 0 spiro atoms. The fourth-order valence-electron chi connectivity index (χ4n) is 2.51. The summed E-state index contributed by atoms with van der Waals surface area (Å²) in [5.74, 6) is -0.667. The number of aliphatic hydroxyl groups is 1. The average molecular weight is 322 g/mol. The topological polar surface area (TPSA) is 66.4 Å². The van der Waals surface area contributed by atoms with Gasteiger partial charge in [0.1, 0.15) is 5.82 Å². The second-order valence-electron chi connectivity index (χ2n) is 5.18. The number of hydrogen-bond donors (Lipinski definition) is 2. The molecular weight excluding hydrogens is 305 g/mol. The molecule has 0 unspecified atom stereocenters. The second-order valence-corrected chi connectivity index (χ2v) is 7.27. The Morgan fingerprint density at radius 2 is 1.95 bits per heavy atom. The molecule has 0 heterocycles. The van der Waals surface area contributed by atoms with Gasteiger partial charge in [0.2, 0.25) is 10.0 Å². The van der Waals surface area contributed by atoms with Gasteiger partial charge in [0.05, 0.1) is 22.1 Å². The molecule has 112 valence electrons. The Morgan fingerprint density at radius 1 is 1.30 bits per heavy atom. The highest BCUT2D eigenvalue weighted by Crippen LogP contribution is 2.30. The summed E-state index contributed by atoms with van der Waals surface area (Å²) in [7, 11) is -3.83. The van der Waals surface area contributed by atoms with Crippen molar-refractivity contribution in [2.24, 2.45) is 0 Å². The van der Waals surface area contributed by atoms with E-state index in [1.165, 1.54) is 0 Å². The maximum Gasteiger partial charge on any atom is 0.241 e. The van der Waals surface area contributed by atoms with Crippen LogP contribution in [0.1, 0.15) is 32.1 Å². The van der Waals surface area contributed by atoms with Gasteiger partial charge in [-0.2, -0.15) is 0 Å². The zero-order valence-corrected chi connectivity index (χ0v) is 12.5. The Bertz CT molecular complexity index is 585. The maximum atomic E-state index is 13.1. The lowest BCUT2D eigenvalue weighted by Crippen LogP contribution is -2.52. The molecular formula is C13H17ClFNO3S. The predicted octanol–water partition coefficient (Wildman–Crippen LogP) is 2.45. The molecule has 1 aliphatic carbocycles. The van der Waals surface area contributed by atoms with Crippen molar-refractivity contribution in [3.05, 3.63) is 29.0 Å². The summed E-state index contributed by atoms with van der Waals surface area (Å²) in [6, 6.07) is 3.26. The van der Waals surface area contributed by atoms with Crippen LogP contribution in [0.5, 0.6) is 0 Å². The minimum atomic E-state index is -3.83. The maximum absolute atomic E-state index is 13.1.